The Hall–Kier alpha value is -1.72. The van der Waals surface area contributed by atoms with Crippen molar-refractivity contribution in [1.29, 1.82) is 0 Å². The van der Waals surface area contributed by atoms with E-state index in [1.807, 2.05) is 0 Å². The number of aromatic hydroxyl groups is 1. The molecule has 0 aromatic heterocycles. The fraction of sp³-hybridized carbons (Fsp3) is 0.500. The number of nitrogens with zero attached hydrogens (tertiary/aromatic N) is 1. The van der Waals surface area contributed by atoms with Gasteiger partial charge < -0.3 is 10.0 Å². The third-order valence-electron chi connectivity index (χ3n) is 3.56. The summed E-state index contributed by atoms with van der Waals surface area (Å²) in [4.78, 5) is 13.7. The third kappa shape index (κ3) is 3.23. The van der Waals surface area contributed by atoms with E-state index in [0.717, 1.165) is 25.0 Å². The molecule has 0 radical (unpaired) electrons. The molecule has 1 aromatic rings. The van der Waals surface area contributed by atoms with Crippen molar-refractivity contribution in [1.82, 2.24) is 4.90 Å². The number of hydrogen-bond donors (Lipinski definition) is 1. The standard InChI is InChI=1S/C14H16F3NO2/c1-9-2-4-18(5-3-9)13(20)10-6-11(14(15,16)17)8-12(19)7-10/h6-9,19H,2-5H2,1H3. The van der Waals surface area contributed by atoms with Gasteiger partial charge in [0, 0.05) is 18.7 Å². The second-order valence-electron chi connectivity index (χ2n) is 5.24. The normalized spacial score (nSPS) is 17.3. The second kappa shape index (κ2) is 5.34. The summed E-state index contributed by atoms with van der Waals surface area (Å²) in [5.41, 5.74) is -1.13. The van der Waals surface area contributed by atoms with Gasteiger partial charge in [0.1, 0.15) is 5.75 Å². The Bertz CT molecular complexity index is 506. The topological polar surface area (TPSA) is 40.5 Å². The summed E-state index contributed by atoms with van der Waals surface area (Å²) in [6.45, 7) is 3.16. The van der Waals surface area contributed by atoms with Gasteiger partial charge in [0.2, 0.25) is 0 Å². The molecule has 0 saturated carbocycles. The molecule has 1 saturated heterocycles. The lowest BCUT2D eigenvalue weighted by molar-refractivity contribution is -0.137. The number of rotatable bonds is 1. The zero-order valence-corrected chi connectivity index (χ0v) is 11.1. The van der Waals surface area contributed by atoms with Crippen LogP contribution in [0.2, 0.25) is 0 Å². The zero-order chi connectivity index (χ0) is 14.9. The number of phenols is 1. The van der Waals surface area contributed by atoms with Gasteiger partial charge in [-0.15, -0.1) is 0 Å². The van der Waals surface area contributed by atoms with Crippen LogP contribution in [-0.4, -0.2) is 29.0 Å². The van der Waals surface area contributed by atoms with E-state index in [0.29, 0.717) is 25.1 Å². The van der Waals surface area contributed by atoms with E-state index in [1.54, 1.807) is 0 Å². The van der Waals surface area contributed by atoms with Gasteiger partial charge in [0.05, 0.1) is 5.56 Å². The third-order valence-corrected chi connectivity index (χ3v) is 3.56. The highest BCUT2D eigenvalue weighted by atomic mass is 19.4. The first-order chi connectivity index (χ1) is 9.27. The van der Waals surface area contributed by atoms with Gasteiger partial charge in [0.15, 0.2) is 0 Å². The Labute approximate surface area is 115 Å². The molecule has 0 aliphatic carbocycles. The van der Waals surface area contributed by atoms with E-state index >= 15 is 0 Å². The molecule has 0 bridgehead atoms. The molecule has 1 aromatic carbocycles. The highest BCUT2D eigenvalue weighted by molar-refractivity contribution is 5.95. The maximum Gasteiger partial charge on any atom is 0.416 e. The summed E-state index contributed by atoms with van der Waals surface area (Å²) < 4.78 is 38.0. The molecule has 6 heteroatoms. The first-order valence-corrected chi connectivity index (χ1v) is 6.48. The van der Waals surface area contributed by atoms with E-state index < -0.39 is 23.4 Å². The van der Waals surface area contributed by atoms with Crippen LogP contribution in [0.25, 0.3) is 0 Å². The predicted molar refractivity (Wildman–Crippen MR) is 67.4 cm³/mol. The summed E-state index contributed by atoms with van der Waals surface area (Å²) in [6, 6.07) is 2.49. The molecule has 2 rings (SSSR count). The average Bonchev–Trinajstić information content (AvgIpc) is 2.37. The average molecular weight is 287 g/mol. The highest BCUT2D eigenvalue weighted by Gasteiger charge is 2.32. The number of halogens is 3. The van der Waals surface area contributed by atoms with Crippen molar-refractivity contribution in [2.24, 2.45) is 5.92 Å². The van der Waals surface area contributed by atoms with Crippen LogP contribution in [0.1, 0.15) is 35.7 Å². The molecule has 20 heavy (non-hydrogen) atoms. The van der Waals surface area contributed by atoms with Gasteiger partial charge in [0.25, 0.3) is 5.91 Å². The SMILES string of the molecule is CC1CCN(C(=O)c2cc(O)cc(C(F)(F)F)c2)CC1. The van der Waals surface area contributed by atoms with E-state index in [-0.39, 0.29) is 5.56 Å². The van der Waals surface area contributed by atoms with Crippen molar-refractivity contribution in [3.63, 3.8) is 0 Å². The number of phenolic OH excluding ortho intramolecular Hbond substituents is 1. The van der Waals surface area contributed by atoms with Crippen LogP contribution >= 0.6 is 0 Å². The molecule has 0 atom stereocenters. The zero-order valence-electron chi connectivity index (χ0n) is 11.1. The van der Waals surface area contributed by atoms with Gasteiger partial charge in [-0.05, 0) is 37.0 Å². The maximum atomic E-state index is 12.7. The number of amides is 1. The van der Waals surface area contributed by atoms with E-state index in [4.69, 9.17) is 0 Å². The van der Waals surface area contributed by atoms with Crippen LogP contribution in [0.15, 0.2) is 18.2 Å². The smallest absolute Gasteiger partial charge is 0.416 e. The molecule has 1 aliphatic heterocycles. The lowest BCUT2D eigenvalue weighted by Crippen LogP contribution is -2.38. The Kier molecular flexibility index (Phi) is 3.92. The summed E-state index contributed by atoms with van der Waals surface area (Å²) >= 11 is 0. The molecular formula is C14H16F3NO2. The predicted octanol–water partition coefficient (Wildman–Crippen LogP) is 3.28. The van der Waals surface area contributed by atoms with Crippen LogP contribution in [0.4, 0.5) is 13.2 Å². The molecule has 0 spiro atoms. The Morgan fingerprint density at radius 2 is 1.85 bits per heavy atom. The van der Waals surface area contributed by atoms with Gasteiger partial charge in [-0.3, -0.25) is 4.79 Å². The Morgan fingerprint density at radius 3 is 2.40 bits per heavy atom. The summed E-state index contributed by atoms with van der Waals surface area (Å²) in [7, 11) is 0. The van der Waals surface area contributed by atoms with Crippen molar-refractivity contribution in [2.45, 2.75) is 25.9 Å². The molecule has 1 aliphatic rings. The van der Waals surface area contributed by atoms with Crippen LogP contribution in [0.3, 0.4) is 0 Å². The monoisotopic (exact) mass is 287 g/mol. The first-order valence-electron chi connectivity index (χ1n) is 6.48. The summed E-state index contributed by atoms with van der Waals surface area (Å²) in [5.74, 6) is -0.485. The minimum atomic E-state index is -4.58. The number of alkyl halides is 3. The largest absolute Gasteiger partial charge is 0.508 e. The van der Waals surface area contributed by atoms with Crippen molar-refractivity contribution in [2.75, 3.05) is 13.1 Å². The molecule has 1 heterocycles. The van der Waals surface area contributed by atoms with Gasteiger partial charge in [-0.1, -0.05) is 6.92 Å². The number of carbonyl (C=O) groups excluding carboxylic acids is 1. The van der Waals surface area contributed by atoms with Crippen molar-refractivity contribution in [3.05, 3.63) is 29.3 Å². The van der Waals surface area contributed by atoms with E-state index in [9.17, 15) is 23.1 Å². The van der Waals surface area contributed by atoms with Gasteiger partial charge in [-0.25, -0.2) is 0 Å². The Morgan fingerprint density at radius 1 is 1.25 bits per heavy atom. The molecule has 0 unspecified atom stereocenters. The van der Waals surface area contributed by atoms with E-state index in [2.05, 4.69) is 6.92 Å². The van der Waals surface area contributed by atoms with Crippen LogP contribution in [0, 0.1) is 5.92 Å². The fourth-order valence-electron chi connectivity index (χ4n) is 2.29. The maximum absolute atomic E-state index is 12.7. The molecular weight excluding hydrogens is 271 g/mol. The summed E-state index contributed by atoms with van der Waals surface area (Å²) in [6.07, 6.45) is -2.89. The lowest BCUT2D eigenvalue weighted by atomic mass is 9.98. The van der Waals surface area contributed by atoms with E-state index in [1.165, 1.54) is 4.90 Å². The number of piperidine rings is 1. The fourth-order valence-corrected chi connectivity index (χ4v) is 2.29. The molecule has 1 amide bonds. The van der Waals surface area contributed by atoms with Gasteiger partial charge in [-0.2, -0.15) is 13.2 Å². The minimum Gasteiger partial charge on any atom is -0.508 e. The number of hydrogen-bond acceptors (Lipinski definition) is 2. The number of likely N-dealkylation sites (tertiary alicyclic amines) is 1. The Balaban J connectivity index is 2.24. The number of benzene rings is 1. The molecule has 1 fully saturated rings. The van der Waals surface area contributed by atoms with Crippen molar-refractivity contribution < 1.29 is 23.1 Å². The number of carbonyl (C=O) groups is 1. The summed E-state index contributed by atoms with van der Waals surface area (Å²) in [5, 5.41) is 9.38. The highest BCUT2D eigenvalue weighted by Crippen LogP contribution is 2.32. The van der Waals surface area contributed by atoms with Crippen LogP contribution in [0.5, 0.6) is 5.75 Å². The first kappa shape index (κ1) is 14.7. The molecule has 1 N–H and O–H groups in total. The minimum absolute atomic E-state index is 0.119. The van der Waals surface area contributed by atoms with Gasteiger partial charge >= 0.3 is 6.18 Å². The van der Waals surface area contributed by atoms with Crippen molar-refractivity contribution >= 4 is 5.91 Å². The lowest BCUT2D eigenvalue weighted by Gasteiger charge is -2.30. The van der Waals surface area contributed by atoms with Crippen LogP contribution in [-0.2, 0) is 6.18 Å². The molecule has 110 valence electrons. The second-order valence-corrected chi connectivity index (χ2v) is 5.24. The van der Waals surface area contributed by atoms with Crippen molar-refractivity contribution in [3.8, 4) is 5.75 Å². The molecule has 3 nitrogen and oxygen atoms in total. The van der Waals surface area contributed by atoms with Crippen LogP contribution < -0.4 is 0 Å². The quantitative estimate of drug-likeness (QED) is 0.861.